The van der Waals surface area contributed by atoms with Crippen LogP contribution in [0, 0.1) is 12.3 Å². The number of benzene rings is 1. The Balaban J connectivity index is 1.05. The van der Waals surface area contributed by atoms with Gasteiger partial charge in [-0.1, -0.05) is 51.1 Å². The molecule has 5 N–H and O–H groups in total. The quantitative estimate of drug-likeness (QED) is 0.136. The summed E-state index contributed by atoms with van der Waals surface area (Å²) in [6, 6.07) is 11.3. The smallest absolute Gasteiger partial charge is 0.246 e. The van der Waals surface area contributed by atoms with Crippen molar-refractivity contribution in [3.8, 4) is 10.4 Å². The monoisotopic (exact) mass is 749 g/mol. The Labute approximate surface area is 314 Å². The van der Waals surface area contributed by atoms with E-state index in [0.29, 0.717) is 13.1 Å². The SMILES string of the molecule is Cc1ncsc1-c1ccc([C@H](C)NC(=O)[C@@H]2C[C@@H](O)CN2C(=O)[C@@H](NC(=O)COCCOCCC(=O)NC2(c3ccccn3)CNC2)C(C)(C)C)cc1. The van der Waals surface area contributed by atoms with Crippen LogP contribution in [0.2, 0.25) is 0 Å². The zero-order valence-corrected chi connectivity index (χ0v) is 31.8. The molecular formula is C38H51N7O7S. The summed E-state index contributed by atoms with van der Waals surface area (Å²) in [5, 5.41) is 22.6. The third-order valence-corrected chi connectivity index (χ3v) is 10.5. The number of likely N-dealkylation sites (tertiary alicyclic amines) is 1. The van der Waals surface area contributed by atoms with Gasteiger partial charge in [-0.05, 0) is 42.5 Å². The fourth-order valence-electron chi connectivity index (χ4n) is 6.45. The summed E-state index contributed by atoms with van der Waals surface area (Å²) in [4.78, 5) is 64.1. The van der Waals surface area contributed by atoms with Gasteiger partial charge >= 0.3 is 0 Å². The Kier molecular flexibility index (Phi) is 13.3. The third-order valence-electron chi connectivity index (χ3n) is 9.53. The number of hydrogen-bond donors (Lipinski definition) is 5. The molecule has 15 heteroatoms. The van der Waals surface area contributed by atoms with Crippen LogP contribution >= 0.6 is 11.3 Å². The van der Waals surface area contributed by atoms with Crippen LogP contribution in [0.4, 0.5) is 0 Å². The maximum absolute atomic E-state index is 13.9. The average Bonchev–Trinajstić information content (AvgIpc) is 3.73. The fourth-order valence-corrected chi connectivity index (χ4v) is 7.26. The fraction of sp³-hybridized carbons (Fsp3) is 0.526. The molecule has 0 saturated carbocycles. The molecule has 0 aliphatic carbocycles. The van der Waals surface area contributed by atoms with Crippen LogP contribution < -0.4 is 21.3 Å². The number of nitrogens with one attached hydrogen (secondary N) is 4. The second kappa shape index (κ2) is 17.7. The van der Waals surface area contributed by atoms with E-state index >= 15 is 0 Å². The number of aliphatic hydroxyl groups is 1. The molecule has 2 aliphatic heterocycles. The van der Waals surface area contributed by atoms with Gasteiger partial charge in [0.2, 0.25) is 23.6 Å². The van der Waals surface area contributed by atoms with E-state index in [2.05, 4.69) is 31.2 Å². The van der Waals surface area contributed by atoms with Crippen molar-refractivity contribution < 1.29 is 33.8 Å². The molecule has 4 atom stereocenters. The zero-order chi connectivity index (χ0) is 38.2. The normalized spacial score (nSPS) is 19.2. The van der Waals surface area contributed by atoms with Crippen molar-refractivity contribution in [3.63, 3.8) is 0 Å². The van der Waals surface area contributed by atoms with Gasteiger partial charge < -0.3 is 40.7 Å². The van der Waals surface area contributed by atoms with E-state index in [9.17, 15) is 24.3 Å². The van der Waals surface area contributed by atoms with Crippen molar-refractivity contribution in [1.29, 1.82) is 0 Å². The van der Waals surface area contributed by atoms with E-state index in [4.69, 9.17) is 9.47 Å². The van der Waals surface area contributed by atoms with Gasteiger partial charge in [-0.2, -0.15) is 0 Å². The van der Waals surface area contributed by atoms with Gasteiger partial charge in [0, 0.05) is 38.7 Å². The van der Waals surface area contributed by atoms with Crippen LogP contribution in [0.25, 0.3) is 10.4 Å². The highest BCUT2D eigenvalue weighted by Gasteiger charge is 2.45. The van der Waals surface area contributed by atoms with Crippen LogP contribution in [0.1, 0.15) is 63.5 Å². The first-order valence-corrected chi connectivity index (χ1v) is 18.8. The van der Waals surface area contributed by atoms with Crippen molar-refractivity contribution in [2.45, 2.75) is 77.2 Å². The molecule has 4 amide bonds. The molecule has 14 nitrogen and oxygen atoms in total. The Hall–Kier alpha value is -4.28. The summed E-state index contributed by atoms with van der Waals surface area (Å²) >= 11 is 1.57. The topological polar surface area (TPSA) is 184 Å². The number of aromatic nitrogens is 2. The summed E-state index contributed by atoms with van der Waals surface area (Å²) in [7, 11) is 0. The number of thiazole rings is 1. The van der Waals surface area contributed by atoms with Crippen LogP contribution in [-0.4, -0.2) is 108 Å². The lowest BCUT2D eigenvalue weighted by atomic mass is 9.85. The predicted octanol–water partition coefficient (Wildman–Crippen LogP) is 2.22. The van der Waals surface area contributed by atoms with Crippen molar-refractivity contribution in [1.82, 2.24) is 36.1 Å². The number of aryl methyl sites for hydroxylation is 1. The molecule has 5 rings (SSSR count). The summed E-state index contributed by atoms with van der Waals surface area (Å²) in [6.45, 7) is 10.6. The average molecular weight is 750 g/mol. The molecule has 0 bridgehead atoms. The van der Waals surface area contributed by atoms with Crippen molar-refractivity contribution >= 4 is 35.0 Å². The molecule has 53 heavy (non-hydrogen) atoms. The van der Waals surface area contributed by atoms with Gasteiger partial charge in [0.25, 0.3) is 0 Å². The summed E-state index contributed by atoms with van der Waals surface area (Å²) < 4.78 is 11.0. The number of amides is 4. The van der Waals surface area contributed by atoms with Gasteiger partial charge in [0.15, 0.2) is 0 Å². The van der Waals surface area contributed by atoms with Crippen molar-refractivity contribution in [2.75, 3.05) is 46.1 Å². The third kappa shape index (κ3) is 10.2. The number of β-amino-alcohol motifs (C(OH)–C–C–N with tert-alkyl or cyclic N) is 1. The second-order valence-corrected chi connectivity index (χ2v) is 15.6. The lowest BCUT2D eigenvalue weighted by Gasteiger charge is -2.42. The molecule has 4 heterocycles. The van der Waals surface area contributed by atoms with Crippen LogP contribution in [0.15, 0.2) is 54.2 Å². The molecule has 3 aromatic rings. The van der Waals surface area contributed by atoms with Gasteiger partial charge in [-0.3, -0.25) is 24.2 Å². The number of nitrogens with zero attached hydrogens (tertiary/aromatic N) is 3. The molecule has 2 aliphatic rings. The minimum absolute atomic E-state index is 0.0243. The molecule has 2 fully saturated rings. The van der Waals surface area contributed by atoms with Crippen LogP contribution in [0.5, 0.6) is 0 Å². The molecule has 286 valence electrons. The first-order valence-electron chi connectivity index (χ1n) is 17.9. The molecule has 2 aromatic heterocycles. The first kappa shape index (κ1) is 39.9. The Morgan fingerprint density at radius 2 is 1.75 bits per heavy atom. The highest BCUT2D eigenvalue weighted by molar-refractivity contribution is 7.13. The maximum Gasteiger partial charge on any atom is 0.246 e. The zero-order valence-electron chi connectivity index (χ0n) is 31.0. The number of pyridine rings is 1. The van der Waals surface area contributed by atoms with Crippen LogP contribution in [-0.2, 0) is 34.2 Å². The number of ether oxygens (including phenoxy) is 2. The highest BCUT2D eigenvalue weighted by atomic mass is 32.1. The van der Waals surface area contributed by atoms with Gasteiger partial charge in [-0.15, -0.1) is 11.3 Å². The summed E-state index contributed by atoms with van der Waals surface area (Å²) in [5.41, 5.74) is 4.30. The number of carbonyl (C=O) groups excluding carboxylic acids is 4. The Bertz CT molecular complexity index is 1710. The maximum atomic E-state index is 13.9. The van der Waals surface area contributed by atoms with Gasteiger partial charge in [-0.25, -0.2) is 4.98 Å². The number of rotatable bonds is 16. The molecule has 2 saturated heterocycles. The van der Waals surface area contributed by atoms with E-state index < -0.39 is 41.0 Å². The van der Waals surface area contributed by atoms with Crippen molar-refractivity contribution in [2.24, 2.45) is 5.41 Å². The lowest BCUT2D eigenvalue weighted by molar-refractivity contribution is -0.144. The van der Waals surface area contributed by atoms with E-state index in [0.717, 1.165) is 27.4 Å². The van der Waals surface area contributed by atoms with Crippen LogP contribution in [0.3, 0.4) is 0 Å². The molecule has 0 radical (unpaired) electrons. The Morgan fingerprint density at radius 3 is 2.38 bits per heavy atom. The predicted molar refractivity (Wildman–Crippen MR) is 200 cm³/mol. The molecule has 1 aromatic carbocycles. The Morgan fingerprint density at radius 1 is 1.02 bits per heavy atom. The minimum atomic E-state index is -0.977. The first-order chi connectivity index (χ1) is 25.3. The molecule has 0 spiro atoms. The molecule has 0 unspecified atom stereocenters. The standard InChI is InChI=1S/C38H51N7O7S/c1-24(26-9-11-27(12-10-26)33-25(2)41-23-53-33)42-35(49)29-18-28(46)19-45(29)36(50)34(37(3,4)5)43-32(48)20-52-17-16-51-15-13-31(47)44-38(21-39-22-38)30-8-6-7-14-40-30/h6-12,14,23-24,28-29,34,39,46H,13,15-22H2,1-5H3,(H,42,49)(H,43,48)(H,44,47)/t24-,28+,29-,34+/m0/s1. The van der Waals surface area contributed by atoms with Gasteiger partial charge in [0.1, 0.15) is 24.2 Å². The van der Waals surface area contributed by atoms with E-state index in [-0.39, 0.29) is 63.7 Å². The number of carbonyl (C=O) groups is 4. The second-order valence-electron chi connectivity index (χ2n) is 14.7. The van der Waals surface area contributed by atoms with Crippen molar-refractivity contribution in [3.05, 3.63) is 71.1 Å². The van der Waals surface area contributed by atoms with E-state index in [1.54, 1.807) is 17.5 Å². The number of hydrogen-bond acceptors (Lipinski definition) is 11. The molecular weight excluding hydrogens is 699 g/mol. The van der Waals surface area contributed by atoms with E-state index in [1.807, 2.05) is 82.6 Å². The highest BCUT2D eigenvalue weighted by Crippen LogP contribution is 2.30. The summed E-state index contributed by atoms with van der Waals surface area (Å²) in [6.07, 6.45) is 1.07. The largest absolute Gasteiger partial charge is 0.391 e. The minimum Gasteiger partial charge on any atom is -0.391 e. The lowest BCUT2D eigenvalue weighted by Crippen LogP contribution is -2.66. The van der Waals surface area contributed by atoms with E-state index in [1.165, 1.54) is 4.90 Å². The number of aliphatic hydroxyl groups excluding tert-OH is 1. The van der Waals surface area contributed by atoms with Gasteiger partial charge in [0.05, 0.1) is 53.7 Å². The summed E-state index contributed by atoms with van der Waals surface area (Å²) in [5.74, 6) is -1.48.